The van der Waals surface area contributed by atoms with Crippen LogP contribution < -0.4 is 5.73 Å². The van der Waals surface area contributed by atoms with Crippen LogP contribution in [0, 0.1) is 0 Å². The van der Waals surface area contributed by atoms with Gasteiger partial charge in [-0.25, -0.2) is 4.98 Å². The van der Waals surface area contributed by atoms with Gasteiger partial charge in [0.25, 0.3) is 0 Å². The van der Waals surface area contributed by atoms with Crippen LogP contribution in [0.25, 0.3) is 11.0 Å². The fourth-order valence-electron chi connectivity index (χ4n) is 2.77. The van der Waals surface area contributed by atoms with Crippen LogP contribution in [-0.4, -0.2) is 37.6 Å². The Morgan fingerprint density at radius 1 is 1.50 bits per heavy atom. The Balaban J connectivity index is 1.75. The number of nitrogen functional groups attached to an aromatic ring is 1. The lowest BCUT2D eigenvalue weighted by molar-refractivity contribution is -0.0114. The van der Waals surface area contributed by atoms with Crippen molar-refractivity contribution in [1.82, 2.24) is 9.55 Å². The lowest BCUT2D eigenvalue weighted by atomic mass is 10.2. The number of fused-ring (bicyclic) bond motifs is 2. The van der Waals surface area contributed by atoms with Gasteiger partial charge in [-0.1, -0.05) is 0 Å². The molecule has 2 aromatic heterocycles. The minimum Gasteiger partial charge on any atom is -0.398 e. The number of aromatic nitrogens is 2. The molecule has 3 heterocycles. The topological polar surface area (TPSA) is 93.5 Å². The SMILES string of the molecule is Nc1ccnc2c1ccn2[C@H]1C[C@@]2(O)C(O)[C@H]2O1. The van der Waals surface area contributed by atoms with Gasteiger partial charge in [-0.2, -0.15) is 0 Å². The van der Waals surface area contributed by atoms with E-state index in [0.29, 0.717) is 12.1 Å². The van der Waals surface area contributed by atoms with Crippen molar-refractivity contribution in [3.05, 3.63) is 24.5 Å². The van der Waals surface area contributed by atoms with Crippen LogP contribution in [-0.2, 0) is 4.74 Å². The maximum Gasteiger partial charge on any atom is 0.144 e. The Morgan fingerprint density at radius 3 is 3.06 bits per heavy atom. The second-order valence-corrected chi connectivity index (χ2v) is 5.01. The van der Waals surface area contributed by atoms with E-state index >= 15 is 0 Å². The molecule has 0 spiro atoms. The standard InChI is InChI=1S/C12H13N3O3/c13-7-1-3-14-11-6(7)2-4-15(11)8-5-12(17)9(16)10(12)18-8/h1-4,8-10,16-17H,5H2,(H2,13,14)/t8-,9?,10-,12-/m1/s1. The van der Waals surface area contributed by atoms with Crippen molar-refractivity contribution < 1.29 is 14.9 Å². The van der Waals surface area contributed by atoms with Crippen LogP contribution in [0.2, 0.25) is 0 Å². The molecule has 18 heavy (non-hydrogen) atoms. The van der Waals surface area contributed by atoms with Crippen molar-refractivity contribution in [1.29, 1.82) is 0 Å². The zero-order chi connectivity index (χ0) is 12.5. The van der Waals surface area contributed by atoms with E-state index in [9.17, 15) is 10.2 Å². The second-order valence-electron chi connectivity index (χ2n) is 5.01. The molecule has 1 saturated heterocycles. The zero-order valence-electron chi connectivity index (χ0n) is 9.52. The fraction of sp³-hybridized carbons (Fsp3) is 0.417. The molecular weight excluding hydrogens is 234 g/mol. The molecule has 1 aliphatic carbocycles. The van der Waals surface area contributed by atoms with Gasteiger partial charge in [-0.15, -0.1) is 0 Å². The third-order valence-electron chi connectivity index (χ3n) is 3.95. The van der Waals surface area contributed by atoms with Gasteiger partial charge in [0.05, 0.1) is 0 Å². The molecular formula is C12H13N3O3. The van der Waals surface area contributed by atoms with Crippen molar-refractivity contribution in [2.75, 3.05) is 5.73 Å². The molecule has 6 nitrogen and oxygen atoms in total. The molecule has 4 atom stereocenters. The third kappa shape index (κ3) is 1.10. The summed E-state index contributed by atoms with van der Waals surface area (Å²) in [5, 5.41) is 20.3. The van der Waals surface area contributed by atoms with Crippen molar-refractivity contribution in [2.24, 2.45) is 0 Å². The van der Waals surface area contributed by atoms with Crippen LogP contribution in [0.1, 0.15) is 12.6 Å². The van der Waals surface area contributed by atoms with Crippen molar-refractivity contribution in [2.45, 2.75) is 30.5 Å². The molecule has 0 aromatic carbocycles. The van der Waals surface area contributed by atoms with E-state index in [0.717, 1.165) is 11.0 Å². The molecule has 2 aliphatic rings. The summed E-state index contributed by atoms with van der Waals surface area (Å²) in [5.74, 6) is 0. The molecule has 4 N–H and O–H groups in total. The summed E-state index contributed by atoms with van der Waals surface area (Å²) in [7, 11) is 0. The summed E-state index contributed by atoms with van der Waals surface area (Å²) in [6, 6.07) is 3.63. The molecule has 94 valence electrons. The van der Waals surface area contributed by atoms with Gasteiger partial charge in [-0.3, -0.25) is 0 Å². The first-order chi connectivity index (χ1) is 8.61. The smallest absolute Gasteiger partial charge is 0.144 e. The number of hydrogen-bond acceptors (Lipinski definition) is 5. The maximum absolute atomic E-state index is 10.00. The van der Waals surface area contributed by atoms with E-state index in [1.807, 2.05) is 16.8 Å². The number of nitrogens with zero attached hydrogens (tertiary/aromatic N) is 2. The van der Waals surface area contributed by atoms with Gasteiger partial charge in [-0.05, 0) is 12.1 Å². The average Bonchev–Trinajstić information content (AvgIpc) is 2.78. The molecule has 0 bridgehead atoms. The van der Waals surface area contributed by atoms with Gasteiger partial charge in [0, 0.05) is 29.9 Å². The minimum absolute atomic E-state index is 0.296. The summed E-state index contributed by atoms with van der Waals surface area (Å²) < 4.78 is 7.47. The number of pyridine rings is 1. The van der Waals surface area contributed by atoms with Crippen LogP contribution in [0.3, 0.4) is 0 Å². The van der Waals surface area contributed by atoms with E-state index in [1.54, 1.807) is 12.3 Å². The number of nitrogens with two attached hydrogens (primary N) is 1. The van der Waals surface area contributed by atoms with E-state index in [-0.39, 0.29) is 6.23 Å². The van der Waals surface area contributed by atoms with Gasteiger partial charge >= 0.3 is 0 Å². The van der Waals surface area contributed by atoms with E-state index in [4.69, 9.17) is 10.5 Å². The van der Waals surface area contributed by atoms with E-state index < -0.39 is 17.8 Å². The number of anilines is 1. The first-order valence-corrected chi connectivity index (χ1v) is 5.88. The van der Waals surface area contributed by atoms with Crippen LogP contribution in [0.5, 0.6) is 0 Å². The highest BCUT2D eigenvalue weighted by atomic mass is 16.6. The molecule has 1 unspecified atom stereocenters. The van der Waals surface area contributed by atoms with Crippen molar-refractivity contribution in [3.63, 3.8) is 0 Å². The average molecular weight is 247 g/mol. The summed E-state index contributed by atoms with van der Waals surface area (Å²) in [4.78, 5) is 4.29. The molecule has 0 amide bonds. The Labute approximate surface area is 103 Å². The van der Waals surface area contributed by atoms with Crippen LogP contribution in [0.15, 0.2) is 24.5 Å². The van der Waals surface area contributed by atoms with Gasteiger partial charge < -0.3 is 25.3 Å². The van der Waals surface area contributed by atoms with E-state index in [1.165, 1.54) is 0 Å². The number of hydrogen-bond donors (Lipinski definition) is 3. The van der Waals surface area contributed by atoms with Crippen LogP contribution >= 0.6 is 0 Å². The molecule has 2 aromatic rings. The van der Waals surface area contributed by atoms with E-state index in [2.05, 4.69) is 4.98 Å². The van der Waals surface area contributed by atoms with Crippen LogP contribution in [0.4, 0.5) is 5.69 Å². The molecule has 1 saturated carbocycles. The maximum atomic E-state index is 10.00. The Bertz CT molecular complexity index is 641. The molecule has 2 fully saturated rings. The summed E-state index contributed by atoms with van der Waals surface area (Å²) in [6.07, 6.45) is 2.34. The highest BCUT2D eigenvalue weighted by Crippen LogP contribution is 2.53. The van der Waals surface area contributed by atoms with Gasteiger partial charge in [0.1, 0.15) is 29.7 Å². The first kappa shape index (κ1) is 10.3. The summed E-state index contributed by atoms with van der Waals surface area (Å²) in [5.41, 5.74) is 6.19. The quantitative estimate of drug-likeness (QED) is 0.660. The lowest BCUT2D eigenvalue weighted by Gasteiger charge is -2.17. The Kier molecular flexibility index (Phi) is 1.73. The first-order valence-electron chi connectivity index (χ1n) is 5.88. The highest BCUT2D eigenvalue weighted by Gasteiger charge is 2.71. The van der Waals surface area contributed by atoms with Gasteiger partial charge in [0.2, 0.25) is 0 Å². The lowest BCUT2D eigenvalue weighted by Crippen LogP contribution is -2.19. The molecule has 6 heteroatoms. The zero-order valence-corrected chi connectivity index (χ0v) is 9.52. The monoisotopic (exact) mass is 247 g/mol. The predicted molar refractivity (Wildman–Crippen MR) is 63.6 cm³/mol. The minimum atomic E-state index is -1.08. The number of rotatable bonds is 1. The largest absolute Gasteiger partial charge is 0.398 e. The molecule has 0 radical (unpaired) electrons. The Hall–Kier alpha value is -1.63. The second kappa shape index (κ2) is 3.03. The normalized spacial score (nSPS) is 38.0. The highest BCUT2D eigenvalue weighted by molar-refractivity contribution is 5.88. The van der Waals surface area contributed by atoms with Crippen molar-refractivity contribution >= 4 is 16.7 Å². The predicted octanol–water partition coefficient (Wildman–Crippen LogP) is 0.0116. The third-order valence-corrected chi connectivity index (χ3v) is 3.95. The number of ether oxygens (including phenoxy) is 1. The number of aliphatic hydroxyl groups is 2. The van der Waals surface area contributed by atoms with Gasteiger partial charge in [0.15, 0.2) is 0 Å². The fourth-order valence-corrected chi connectivity index (χ4v) is 2.77. The Morgan fingerprint density at radius 2 is 2.33 bits per heavy atom. The number of aliphatic hydroxyl groups excluding tert-OH is 1. The summed E-state index contributed by atoms with van der Waals surface area (Å²) >= 11 is 0. The van der Waals surface area contributed by atoms with Crippen molar-refractivity contribution in [3.8, 4) is 0 Å². The summed E-state index contributed by atoms with van der Waals surface area (Å²) in [6.45, 7) is 0. The molecule has 1 aliphatic heterocycles. The molecule has 4 rings (SSSR count).